The van der Waals surface area contributed by atoms with Gasteiger partial charge in [0.25, 0.3) is 0 Å². The summed E-state index contributed by atoms with van der Waals surface area (Å²) in [5.74, 6) is 0.570. The van der Waals surface area contributed by atoms with Crippen molar-refractivity contribution in [2.24, 2.45) is 5.92 Å². The molecule has 0 aromatic heterocycles. The molecule has 2 aromatic carbocycles. The van der Waals surface area contributed by atoms with Gasteiger partial charge in [0.05, 0.1) is 6.04 Å². The first-order valence-corrected chi connectivity index (χ1v) is 12.8. The van der Waals surface area contributed by atoms with Gasteiger partial charge in [-0.3, -0.25) is 9.69 Å². The Morgan fingerprint density at radius 3 is 2.18 bits per heavy atom. The molecular formula is C28H38N4O2. The van der Waals surface area contributed by atoms with Crippen LogP contribution in [0, 0.1) is 5.92 Å². The molecule has 2 aliphatic rings. The van der Waals surface area contributed by atoms with Gasteiger partial charge in [-0.05, 0) is 56.2 Å². The fourth-order valence-corrected chi connectivity index (χ4v) is 5.31. The number of urea groups is 1. The summed E-state index contributed by atoms with van der Waals surface area (Å²) in [4.78, 5) is 30.3. The molecule has 1 aliphatic carbocycles. The molecule has 2 aromatic rings. The molecule has 1 heterocycles. The van der Waals surface area contributed by atoms with Crippen molar-refractivity contribution >= 4 is 17.6 Å². The molecule has 0 spiro atoms. The second kappa shape index (κ2) is 12.0. The molecule has 6 heteroatoms. The summed E-state index contributed by atoms with van der Waals surface area (Å²) in [6.07, 6.45) is 6.54. The summed E-state index contributed by atoms with van der Waals surface area (Å²) in [6, 6.07) is 20.0. The number of amides is 3. The van der Waals surface area contributed by atoms with Crippen LogP contribution in [-0.4, -0.2) is 60.0 Å². The van der Waals surface area contributed by atoms with Crippen LogP contribution in [0.25, 0.3) is 0 Å². The number of carbonyl (C=O) groups excluding carboxylic acids is 2. The quantitative estimate of drug-likeness (QED) is 0.606. The number of hydrogen-bond acceptors (Lipinski definition) is 3. The highest BCUT2D eigenvalue weighted by molar-refractivity contribution is 5.89. The minimum absolute atomic E-state index is 0.0674. The third-order valence-electron chi connectivity index (χ3n) is 7.23. The van der Waals surface area contributed by atoms with Crippen molar-refractivity contribution in [3.05, 3.63) is 66.2 Å². The van der Waals surface area contributed by atoms with Crippen molar-refractivity contribution in [2.45, 2.75) is 57.5 Å². The number of nitrogens with one attached hydrogen (secondary N) is 2. The van der Waals surface area contributed by atoms with E-state index >= 15 is 0 Å². The van der Waals surface area contributed by atoms with Crippen LogP contribution in [0.2, 0.25) is 0 Å². The van der Waals surface area contributed by atoms with Gasteiger partial charge in [-0.15, -0.1) is 0 Å². The Labute approximate surface area is 203 Å². The van der Waals surface area contributed by atoms with Gasteiger partial charge in [-0.25, -0.2) is 4.79 Å². The molecule has 4 rings (SSSR count). The summed E-state index contributed by atoms with van der Waals surface area (Å²) in [7, 11) is 0. The number of carbonyl (C=O) groups is 2. The van der Waals surface area contributed by atoms with Crippen LogP contribution in [0.5, 0.6) is 0 Å². The first kappa shape index (κ1) is 24.3. The number of rotatable bonds is 8. The highest BCUT2D eigenvalue weighted by atomic mass is 16.2. The Morgan fingerprint density at radius 2 is 1.53 bits per heavy atom. The third-order valence-corrected chi connectivity index (χ3v) is 7.23. The zero-order chi connectivity index (χ0) is 23.8. The number of para-hydroxylation sites is 1. The van der Waals surface area contributed by atoms with E-state index in [2.05, 4.69) is 46.7 Å². The SMILES string of the molecule is CC(CCc1ccccc1)NC(=O)C(C1CCCC1)N1CCN(C(=O)Nc2ccccc2)CC1. The molecule has 2 atom stereocenters. The minimum atomic E-state index is -0.0963. The van der Waals surface area contributed by atoms with E-state index in [0.717, 1.165) is 44.5 Å². The van der Waals surface area contributed by atoms with E-state index in [-0.39, 0.29) is 24.0 Å². The molecule has 0 radical (unpaired) electrons. The fourth-order valence-electron chi connectivity index (χ4n) is 5.31. The third kappa shape index (κ3) is 6.60. The van der Waals surface area contributed by atoms with Crippen LogP contribution < -0.4 is 10.6 Å². The van der Waals surface area contributed by atoms with Crippen molar-refractivity contribution < 1.29 is 9.59 Å². The molecule has 1 aliphatic heterocycles. The summed E-state index contributed by atoms with van der Waals surface area (Å²) >= 11 is 0. The molecule has 6 nitrogen and oxygen atoms in total. The average Bonchev–Trinajstić information content (AvgIpc) is 3.39. The number of benzene rings is 2. The van der Waals surface area contributed by atoms with Gasteiger partial charge < -0.3 is 15.5 Å². The Morgan fingerprint density at radius 1 is 0.912 bits per heavy atom. The van der Waals surface area contributed by atoms with E-state index < -0.39 is 0 Å². The largest absolute Gasteiger partial charge is 0.352 e. The van der Waals surface area contributed by atoms with Crippen LogP contribution in [0.1, 0.15) is 44.6 Å². The molecule has 2 fully saturated rings. The maximum absolute atomic E-state index is 13.5. The average molecular weight is 463 g/mol. The van der Waals surface area contributed by atoms with Gasteiger partial charge in [-0.1, -0.05) is 61.4 Å². The Kier molecular flexibility index (Phi) is 8.58. The van der Waals surface area contributed by atoms with Crippen molar-refractivity contribution in [2.75, 3.05) is 31.5 Å². The summed E-state index contributed by atoms with van der Waals surface area (Å²) in [5, 5.41) is 6.29. The van der Waals surface area contributed by atoms with E-state index in [1.807, 2.05) is 41.3 Å². The highest BCUT2D eigenvalue weighted by Gasteiger charge is 2.37. The smallest absolute Gasteiger partial charge is 0.321 e. The number of aryl methyl sites for hydroxylation is 1. The van der Waals surface area contributed by atoms with Gasteiger partial charge >= 0.3 is 6.03 Å². The molecule has 2 N–H and O–H groups in total. The maximum atomic E-state index is 13.5. The highest BCUT2D eigenvalue weighted by Crippen LogP contribution is 2.31. The second-order valence-electron chi connectivity index (χ2n) is 9.74. The van der Waals surface area contributed by atoms with E-state index in [9.17, 15) is 9.59 Å². The fraction of sp³-hybridized carbons (Fsp3) is 0.500. The monoisotopic (exact) mass is 462 g/mol. The number of piperazine rings is 1. The number of nitrogens with zero attached hydrogens (tertiary/aromatic N) is 2. The van der Waals surface area contributed by atoms with Crippen LogP contribution in [-0.2, 0) is 11.2 Å². The summed E-state index contributed by atoms with van der Waals surface area (Å²) in [6.45, 7) is 4.85. The molecule has 3 amide bonds. The molecule has 0 bridgehead atoms. The van der Waals surface area contributed by atoms with Gasteiger partial charge in [0, 0.05) is 37.9 Å². The minimum Gasteiger partial charge on any atom is -0.352 e. The van der Waals surface area contributed by atoms with Crippen molar-refractivity contribution in [1.82, 2.24) is 15.1 Å². The van der Waals surface area contributed by atoms with E-state index in [4.69, 9.17) is 0 Å². The van der Waals surface area contributed by atoms with Crippen molar-refractivity contribution in [3.8, 4) is 0 Å². The van der Waals surface area contributed by atoms with Crippen LogP contribution >= 0.6 is 0 Å². The number of hydrogen-bond donors (Lipinski definition) is 2. The van der Waals surface area contributed by atoms with Gasteiger partial charge in [0.1, 0.15) is 0 Å². The zero-order valence-electron chi connectivity index (χ0n) is 20.3. The van der Waals surface area contributed by atoms with Gasteiger partial charge in [-0.2, -0.15) is 0 Å². The molecule has 1 saturated carbocycles. The lowest BCUT2D eigenvalue weighted by atomic mass is 9.94. The van der Waals surface area contributed by atoms with Crippen molar-refractivity contribution in [3.63, 3.8) is 0 Å². The van der Waals surface area contributed by atoms with Crippen LogP contribution in [0.4, 0.5) is 10.5 Å². The molecule has 2 unspecified atom stereocenters. The van der Waals surface area contributed by atoms with Gasteiger partial charge in [0.15, 0.2) is 0 Å². The topological polar surface area (TPSA) is 64.7 Å². The molecule has 34 heavy (non-hydrogen) atoms. The standard InChI is InChI=1S/C28H38N4O2/c1-22(16-17-23-10-4-2-5-11-23)29-27(33)26(24-12-8-9-13-24)31-18-20-32(21-19-31)28(34)30-25-14-6-3-7-15-25/h2-7,10-11,14-15,22,24,26H,8-9,12-13,16-21H2,1H3,(H,29,33)(H,30,34). The Hall–Kier alpha value is -2.86. The zero-order valence-corrected chi connectivity index (χ0v) is 20.3. The Bertz CT molecular complexity index is 907. The van der Waals surface area contributed by atoms with E-state index in [1.54, 1.807) is 0 Å². The molecule has 1 saturated heterocycles. The predicted octanol–water partition coefficient (Wildman–Crippen LogP) is 4.53. The summed E-state index contributed by atoms with van der Waals surface area (Å²) in [5.41, 5.74) is 2.11. The van der Waals surface area contributed by atoms with Gasteiger partial charge in [0.2, 0.25) is 5.91 Å². The van der Waals surface area contributed by atoms with Crippen LogP contribution in [0.3, 0.4) is 0 Å². The first-order chi connectivity index (χ1) is 16.6. The normalized spacial score (nSPS) is 18.9. The van der Waals surface area contributed by atoms with Crippen molar-refractivity contribution in [1.29, 1.82) is 0 Å². The summed E-state index contributed by atoms with van der Waals surface area (Å²) < 4.78 is 0. The number of anilines is 1. The van der Waals surface area contributed by atoms with E-state index in [1.165, 1.54) is 18.4 Å². The lowest BCUT2D eigenvalue weighted by Gasteiger charge is -2.41. The predicted molar refractivity (Wildman–Crippen MR) is 137 cm³/mol. The maximum Gasteiger partial charge on any atom is 0.321 e. The molecule has 182 valence electrons. The Balaban J connectivity index is 1.31. The molecular weight excluding hydrogens is 424 g/mol. The first-order valence-electron chi connectivity index (χ1n) is 12.8. The lowest BCUT2D eigenvalue weighted by Crippen LogP contribution is -2.59. The van der Waals surface area contributed by atoms with Crippen LogP contribution in [0.15, 0.2) is 60.7 Å². The van der Waals surface area contributed by atoms with E-state index in [0.29, 0.717) is 19.0 Å². The second-order valence-corrected chi connectivity index (χ2v) is 9.74. The lowest BCUT2D eigenvalue weighted by molar-refractivity contribution is -0.129.